The topological polar surface area (TPSA) is 49.3 Å². The third-order valence-electron chi connectivity index (χ3n) is 4.27. The zero-order valence-corrected chi connectivity index (χ0v) is 13.2. The first-order chi connectivity index (χ1) is 10.2. The van der Waals surface area contributed by atoms with E-state index in [-0.39, 0.29) is 35.8 Å². The molecule has 3 atom stereocenters. The molecule has 1 saturated carbocycles. The number of hydrogen-bond donors (Lipinski definition) is 2. The Morgan fingerprint density at radius 1 is 1.41 bits per heavy atom. The van der Waals surface area contributed by atoms with Gasteiger partial charge in [0.25, 0.3) is 0 Å². The van der Waals surface area contributed by atoms with Gasteiger partial charge in [0.1, 0.15) is 11.6 Å². The van der Waals surface area contributed by atoms with Gasteiger partial charge in [-0.05, 0) is 35.8 Å². The SMILES string of the molecule is CC(C)(C)C(CCO)NC(=O)C1CC1c1ccc(F)cc1F. The molecule has 0 bridgehead atoms. The van der Waals surface area contributed by atoms with Gasteiger partial charge in [-0.1, -0.05) is 26.8 Å². The van der Waals surface area contributed by atoms with Crippen molar-refractivity contribution >= 4 is 5.91 Å². The highest BCUT2D eigenvalue weighted by Gasteiger charge is 2.46. The van der Waals surface area contributed by atoms with Crippen LogP contribution in [0.15, 0.2) is 18.2 Å². The first-order valence-corrected chi connectivity index (χ1v) is 7.60. The third kappa shape index (κ3) is 3.83. The minimum absolute atomic E-state index is 0.00288. The molecule has 2 N–H and O–H groups in total. The van der Waals surface area contributed by atoms with Gasteiger partial charge < -0.3 is 10.4 Å². The normalized spacial score (nSPS) is 22.3. The summed E-state index contributed by atoms with van der Waals surface area (Å²) in [5, 5.41) is 12.1. The fourth-order valence-electron chi connectivity index (χ4n) is 2.76. The molecule has 1 aromatic rings. The molecule has 1 amide bonds. The summed E-state index contributed by atoms with van der Waals surface area (Å²) in [6.45, 7) is 6.00. The summed E-state index contributed by atoms with van der Waals surface area (Å²) in [7, 11) is 0. The lowest BCUT2D eigenvalue weighted by Crippen LogP contribution is -2.45. The highest BCUT2D eigenvalue weighted by Crippen LogP contribution is 2.48. The number of rotatable bonds is 5. The first-order valence-electron chi connectivity index (χ1n) is 7.60. The molecule has 1 aliphatic carbocycles. The Balaban J connectivity index is 2.01. The first kappa shape index (κ1) is 16.9. The van der Waals surface area contributed by atoms with Gasteiger partial charge in [0.15, 0.2) is 0 Å². The van der Waals surface area contributed by atoms with Crippen LogP contribution in [0.4, 0.5) is 8.78 Å². The van der Waals surface area contributed by atoms with E-state index in [9.17, 15) is 13.6 Å². The Morgan fingerprint density at radius 2 is 2.09 bits per heavy atom. The second-order valence-corrected chi connectivity index (χ2v) is 7.05. The van der Waals surface area contributed by atoms with E-state index >= 15 is 0 Å². The number of aliphatic hydroxyl groups excluding tert-OH is 1. The Morgan fingerprint density at radius 3 is 2.64 bits per heavy atom. The summed E-state index contributed by atoms with van der Waals surface area (Å²) in [6.07, 6.45) is 1.06. The predicted octanol–water partition coefficient (Wildman–Crippen LogP) is 2.98. The smallest absolute Gasteiger partial charge is 0.223 e. The molecule has 0 aliphatic heterocycles. The van der Waals surface area contributed by atoms with Crippen molar-refractivity contribution in [3.8, 4) is 0 Å². The summed E-state index contributed by atoms with van der Waals surface area (Å²) in [5.74, 6) is -1.79. The molecule has 122 valence electrons. The second-order valence-electron chi connectivity index (χ2n) is 7.05. The molecule has 0 aromatic heterocycles. The van der Waals surface area contributed by atoms with Crippen LogP contribution in [0.2, 0.25) is 0 Å². The summed E-state index contributed by atoms with van der Waals surface area (Å²) >= 11 is 0. The lowest BCUT2D eigenvalue weighted by atomic mass is 9.85. The molecule has 5 heteroatoms. The zero-order valence-electron chi connectivity index (χ0n) is 13.2. The lowest BCUT2D eigenvalue weighted by molar-refractivity contribution is -0.124. The maximum absolute atomic E-state index is 13.7. The van der Waals surface area contributed by atoms with Gasteiger partial charge in [0, 0.05) is 24.6 Å². The van der Waals surface area contributed by atoms with Gasteiger partial charge >= 0.3 is 0 Å². The summed E-state index contributed by atoms with van der Waals surface area (Å²) in [6, 6.07) is 3.35. The molecule has 22 heavy (non-hydrogen) atoms. The Kier molecular flexibility index (Phi) is 4.85. The minimum atomic E-state index is -0.612. The number of carbonyl (C=O) groups is 1. The molecule has 0 radical (unpaired) electrons. The summed E-state index contributed by atoms with van der Waals surface area (Å²) in [4.78, 5) is 12.3. The van der Waals surface area contributed by atoms with Crippen molar-refractivity contribution in [1.82, 2.24) is 5.32 Å². The summed E-state index contributed by atoms with van der Waals surface area (Å²) in [5.41, 5.74) is 0.236. The molecule has 1 aliphatic rings. The van der Waals surface area contributed by atoms with Crippen molar-refractivity contribution in [3.63, 3.8) is 0 Å². The molecule has 0 spiro atoms. The lowest BCUT2D eigenvalue weighted by Gasteiger charge is -2.31. The molecule has 0 heterocycles. The molecular formula is C17H23F2NO2. The van der Waals surface area contributed by atoms with Crippen molar-refractivity contribution < 1.29 is 18.7 Å². The van der Waals surface area contributed by atoms with E-state index in [1.165, 1.54) is 12.1 Å². The number of nitrogens with one attached hydrogen (secondary N) is 1. The summed E-state index contributed by atoms with van der Waals surface area (Å²) < 4.78 is 26.7. The molecule has 3 unspecified atom stereocenters. The number of carbonyl (C=O) groups excluding carboxylic acids is 1. The number of hydrogen-bond acceptors (Lipinski definition) is 2. The highest BCUT2D eigenvalue weighted by molar-refractivity contribution is 5.83. The number of halogens is 2. The Labute approximate surface area is 129 Å². The number of aliphatic hydroxyl groups is 1. The van der Waals surface area contributed by atoms with E-state index in [2.05, 4.69) is 5.32 Å². The van der Waals surface area contributed by atoms with E-state index in [1.54, 1.807) is 0 Å². The van der Waals surface area contributed by atoms with E-state index in [0.717, 1.165) is 6.07 Å². The Bertz CT molecular complexity index is 554. The highest BCUT2D eigenvalue weighted by atomic mass is 19.1. The van der Waals surface area contributed by atoms with Gasteiger partial charge in [-0.3, -0.25) is 4.79 Å². The van der Waals surface area contributed by atoms with Crippen LogP contribution in [0, 0.1) is 23.0 Å². The van der Waals surface area contributed by atoms with Crippen LogP contribution in [-0.4, -0.2) is 23.7 Å². The van der Waals surface area contributed by atoms with Crippen molar-refractivity contribution in [1.29, 1.82) is 0 Å². The van der Waals surface area contributed by atoms with Crippen LogP contribution in [0.1, 0.15) is 45.1 Å². The number of benzene rings is 1. The van der Waals surface area contributed by atoms with E-state index in [4.69, 9.17) is 5.11 Å². The molecule has 1 aromatic carbocycles. The van der Waals surface area contributed by atoms with Crippen LogP contribution in [0.25, 0.3) is 0 Å². The van der Waals surface area contributed by atoms with Crippen LogP contribution in [-0.2, 0) is 4.79 Å². The molecule has 3 nitrogen and oxygen atoms in total. The van der Waals surface area contributed by atoms with Crippen LogP contribution in [0.3, 0.4) is 0 Å². The van der Waals surface area contributed by atoms with E-state index in [1.807, 2.05) is 20.8 Å². The van der Waals surface area contributed by atoms with Crippen LogP contribution in [0.5, 0.6) is 0 Å². The van der Waals surface area contributed by atoms with Gasteiger partial charge in [-0.15, -0.1) is 0 Å². The fraction of sp³-hybridized carbons (Fsp3) is 0.588. The van der Waals surface area contributed by atoms with Crippen molar-refractivity contribution in [2.75, 3.05) is 6.61 Å². The predicted molar refractivity (Wildman–Crippen MR) is 80.3 cm³/mol. The molecule has 1 fully saturated rings. The quantitative estimate of drug-likeness (QED) is 0.878. The van der Waals surface area contributed by atoms with Gasteiger partial charge in [0.05, 0.1) is 0 Å². The average molecular weight is 311 g/mol. The average Bonchev–Trinajstić information content (AvgIpc) is 3.17. The minimum Gasteiger partial charge on any atom is -0.396 e. The van der Waals surface area contributed by atoms with Gasteiger partial charge in [0.2, 0.25) is 5.91 Å². The molecular weight excluding hydrogens is 288 g/mol. The maximum atomic E-state index is 13.7. The maximum Gasteiger partial charge on any atom is 0.223 e. The fourth-order valence-corrected chi connectivity index (χ4v) is 2.76. The van der Waals surface area contributed by atoms with Crippen LogP contribution >= 0.6 is 0 Å². The van der Waals surface area contributed by atoms with E-state index in [0.29, 0.717) is 18.4 Å². The van der Waals surface area contributed by atoms with Crippen molar-refractivity contribution in [2.24, 2.45) is 11.3 Å². The van der Waals surface area contributed by atoms with Crippen molar-refractivity contribution in [3.05, 3.63) is 35.4 Å². The largest absolute Gasteiger partial charge is 0.396 e. The van der Waals surface area contributed by atoms with Crippen molar-refractivity contribution in [2.45, 2.75) is 45.6 Å². The molecule has 2 rings (SSSR count). The standard InChI is InChI=1S/C17H23F2NO2/c1-17(2,3)15(6-7-21)20-16(22)13-9-12(13)11-5-4-10(18)8-14(11)19/h4-5,8,12-13,15,21H,6-7,9H2,1-3H3,(H,20,22). The van der Waals surface area contributed by atoms with Gasteiger partial charge in [-0.25, -0.2) is 8.78 Å². The van der Waals surface area contributed by atoms with E-state index < -0.39 is 11.6 Å². The van der Waals surface area contributed by atoms with Gasteiger partial charge in [-0.2, -0.15) is 0 Å². The second kappa shape index (κ2) is 6.32. The Hall–Kier alpha value is -1.49. The third-order valence-corrected chi connectivity index (χ3v) is 4.27. The molecule has 0 saturated heterocycles. The number of amides is 1. The van der Waals surface area contributed by atoms with Crippen LogP contribution < -0.4 is 5.32 Å². The monoisotopic (exact) mass is 311 g/mol. The zero-order chi connectivity index (χ0) is 16.5.